The summed E-state index contributed by atoms with van der Waals surface area (Å²) >= 11 is 0. The number of benzene rings is 2. The normalized spacial score (nSPS) is 13.5. The number of hydrogen-bond acceptors (Lipinski definition) is 3. The Balaban J connectivity index is 1.75. The number of nitrogens with one attached hydrogen (secondary N) is 1. The van der Waals surface area contributed by atoms with Crippen molar-refractivity contribution in [2.24, 2.45) is 5.73 Å². The SMILES string of the molecule is CC(CN(C)Cc1ccccc1)NC(=O)CC(N)c1ccccc1. The van der Waals surface area contributed by atoms with Crippen LogP contribution in [0.4, 0.5) is 0 Å². The molecule has 2 aromatic carbocycles. The van der Waals surface area contributed by atoms with Gasteiger partial charge in [-0.25, -0.2) is 0 Å². The van der Waals surface area contributed by atoms with Crippen molar-refractivity contribution in [2.45, 2.75) is 32.0 Å². The number of nitrogens with two attached hydrogens (primary N) is 1. The van der Waals surface area contributed by atoms with E-state index in [9.17, 15) is 4.79 Å². The van der Waals surface area contributed by atoms with Gasteiger partial charge in [0.25, 0.3) is 0 Å². The highest BCUT2D eigenvalue weighted by molar-refractivity contribution is 5.77. The molecule has 2 rings (SSSR count). The summed E-state index contributed by atoms with van der Waals surface area (Å²) in [6, 6.07) is 19.9. The third kappa shape index (κ3) is 6.14. The van der Waals surface area contributed by atoms with Gasteiger partial charge in [0.1, 0.15) is 0 Å². The van der Waals surface area contributed by atoms with Gasteiger partial charge in [-0.05, 0) is 25.1 Å². The van der Waals surface area contributed by atoms with Gasteiger partial charge in [-0.15, -0.1) is 0 Å². The van der Waals surface area contributed by atoms with E-state index >= 15 is 0 Å². The second-order valence-electron chi connectivity index (χ2n) is 6.37. The summed E-state index contributed by atoms with van der Waals surface area (Å²) in [4.78, 5) is 14.4. The summed E-state index contributed by atoms with van der Waals surface area (Å²) in [5.74, 6) is -0.00744. The Morgan fingerprint density at radius 2 is 1.67 bits per heavy atom. The molecule has 2 atom stereocenters. The Morgan fingerprint density at radius 1 is 1.08 bits per heavy atom. The van der Waals surface area contributed by atoms with E-state index in [-0.39, 0.29) is 18.0 Å². The minimum absolute atomic E-state index is 0.00744. The Kier molecular flexibility index (Phi) is 6.97. The van der Waals surface area contributed by atoms with Gasteiger partial charge < -0.3 is 16.0 Å². The summed E-state index contributed by atoms with van der Waals surface area (Å²) in [6.07, 6.45) is 0.302. The van der Waals surface area contributed by atoms with Crippen molar-refractivity contribution in [3.8, 4) is 0 Å². The summed E-state index contributed by atoms with van der Waals surface area (Å²) in [7, 11) is 2.06. The van der Waals surface area contributed by atoms with Crippen LogP contribution in [0.25, 0.3) is 0 Å². The van der Waals surface area contributed by atoms with E-state index in [1.165, 1.54) is 5.56 Å². The van der Waals surface area contributed by atoms with Crippen LogP contribution in [0.1, 0.15) is 30.5 Å². The first-order valence-electron chi connectivity index (χ1n) is 8.37. The molecule has 1 amide bonds. The zero-order chi connectivity index (χ0) is 17.4. The van der Waals surface area contributed by atoms with E-state index in [2.05, 4.69) is 29.4 Å². The standard InChI is InChI=1S/C20H27N3O/c1-16(14-23(2)15-17-9-5-3-6-10-17)22-20(24)13-19(21)18-11-7-4-8-12-18/h3-12,16,19H,13-15,21H2,1-2H3,(H,22,24). The number of rotatable bonds is 8. The molecule has 0 aromatic heterocycles. The number of likely N-dealkylation sites (N-methyl/N-ethyl adjacent to an activating group) is 1. The first kappa shape index (κ1) is 18.2. The topological polar surface area (TPSA) is 58.4 Å². The third-order valence-electron chi connectivity index (χ3n) is 3.92. The predicted molar refractivity (Wildman–Crippen MR) is 98.4 cm³/mol. The lowest BCUT2D eigenvalue weighted by Gasteiger charge is -2.23. The lowest BCUT2D eigenvalue weighted by atomic mass is 10.0. The number of carbonyl (C=O) groups is 1. The average molecular weight is 325 g/mol. The molecule has 0 spiro atoms. The van der Waals surface area contributed by atoms with E-state index in [0.29, 0.717) is 6.42 Å². The van der Waals surface area contributed by atoms with Gasteiger partial charge in [-0.1, -0.05) is 60.7 Å². The van der Waals surface area contributed by atoms with Crippen molar-refractivity contribution in [2.75, 3.05) is 13.6 Å². The molecular weight excluding hydrogens is 298 g/mol. The summed E-state index contributed by atoms with van der Waals surface area (Å²) < 4.78 is 0. The second-order valence-corrected chi connectivity index (χ2v) is 6.37. The van der Waals surface area contributed by atoms with Crippen LogP contribution < -0.4 is 11.1 Å². The minimum atomic E-state index is -0.263. The van der Waals surface area contributed by atoms with Crippen LogP contribution in [0.5, 0.6) is 0 Å². The lowest BCUT2D eigenvalue weighted by molar-refractivity contribution is -0.122. The molecule has 4 nitrogen and oxygen atoms in total. The van der Waals surface area contributed by atoms with Crippen molar-refractivity contribution in [1.29, 1.82) is 0 Å². The van der Waals surface area contributed by atoms with Crippen LogP contribution in [0, 0.1) is 0 Å². The fourth-order valence-electron chi connectivity index (χ4n) is 2.82. The molecule has 0 saturated carbocycles. The van der Waals surface area contributed by atoms with Crippen LogP contribution in [0.2, 0.25) is 0 Å². The molecular formula is C20H27N3O. The average Bonchev–Trinajstić information content (AvgIpc) is 2.56. The molecule has 0 aliphatic carbocycles. The van der Waals surface area contributed by atoms with E-state index in [4.69, 9.17) is 5.73 Å². The van der Waals surface area contributed by atoms with Crippen molar-refractivity contribution in [3.63, 3.8) is 0 Å². The minimum Gasteiger partial charge on any atom is -0.352 e. The Hall–Kier alpha value is -2.17. The van der Waals surface area contributed by atoms with Gasteiger partial charge in [0, 0.05) is 31.6 Å². The molecule has 0 saturated heterocycles. The smallest absolute Gasteiger partial charge is 0.222 e. The van der Waals surface area contributed by atoms with Gasteiger partial charge in [0.15, 0.2) is 0 Å². The first-order chi connectivity index (χ1) is 11.5. The van der Waals surface area contributed by atoms with E-state index < -0.39 is 0 Å². The largest absolute Gasteiger partial charge is 0.352 e. The predicted octanol–water partition coefficient (Wildman–Crippen LogP) is 2.71. The van der Waals surface area contributed by atoms with Crippen molar-refractivity contribution < 1.29 is 4.79 Å². The highest BCUT2D eigenvalue weighted by Crippen LogP contribution is 2.13. The van der Waals surface area contributed by atoms with Crippen LogP contribution in [0.15, 0.2) is 60.7 Å². The van der Waals surface area contributed by atoms with E-state index in [1.54, 1.807) is 0 Å². The van der Waals surface area contributed by atoms with Crippen LogP contribution in [0.3, 0.4) is 0 Å². The maximum Gasteiger partial charge on any atom is 0.222 e. The first-order valence-corrected chi connectivity index (χ1v) is 8.37. The Labute approximate surface area is 144 Å². The van der Waals surface area contributed by atoms with Gasteiger partial charge in [0.2, 0.25) is 5.91 Å². The number of hydrogen-bond donors (Lipinski definition) is 2. The zero-order valence-electron chi connectivity index (χ0n) is 14.5. The van der Waals surface area contributed by atoms with Crippen molar-refractivity contribution >= 4 is 5.91 Å². The number of nitrogens with zero attached hydrogens (tertiary/aromatic N) is 1. The molecule has 0 aliphatic heterocycles. The van der Waals surface area contributed by atoms with E-state index in [1.807, 2.05) is 55.5 Å². The molecule has 128 valence electrons. The van der Waals surface area contributed by atoms with Crippen molar-refractivity contribution in [3.05, 3.63) is 71.8 Å². The fourth-order valence-corrected chi connectivity index (χ4v) is 2.82. The maximum absolute atomic E-state index is 12.2. The number of amides is 1. The Morgan fingerprint density at radius 3 is 2.29 bits per heavy atom. The maximum atomic E-state index is 12.2. The molecule has 2 unspecified atom stereocenters. The Bertz CT molecular complexity index is 615. The van der Waals surface area contributed by atoms with Crippen molar-refractivity contribution in [1.82, 2.24) is 10.2 Å². The fraction of sp³-hybridized carbons (Fsp3) is 0.350. The van der Waals surface area contributed by atoms with Gasteiger partial charge in [-0.3, -0.25) is 4.79 Å². The van der Waals surface area contributed by atoms with E-state index in [0.717, 1.165) is 18.7 Å². The summed E-state index contributed by atoms with van der Waals surface area (Å²) in [6.45, 7) is 3.68. The van der Waals surface area contributed by atoms with Crippen LogP contribution in [-0.2, 0) is 11.3 Å². The third-order valence-corrected chi connectivity index (χ3v) is 3.92. The highest BCUT2D eigenvalue weighted by atomic mass is 16.1. The highest BCUT2D eigenvalue weighted by Gasteiger charge is 2.14. The molecule has 2 aromatic rings. The van der Waals surface area contributed by atoms with Gasteiger partial charge in [-0.2, -0.15) is 0 Å². The number of carbonyl (C=O) groups excluding carboxylic acids is 1. The van der Waals surface area contributed by atoms with Gasteiger partial charge >= 0.3 is 0 Å². The second kappa shape index (κ2) is 9.21. The molecule has 0 radical (unpaired) electrons. The van der Waals surface area contributed by atoms with Crippen LogP contribution >= 0.6 is 0 Å². The summed E-state index contributed by atoms with van der Waals surface area (Å²) in [5.41, 5.74) is 8.36. The molecule has 0 heterocycles. The molecule has 24 heavy (non-hydrogen) atoms. The molecule has 0 fully saturated rings. The monoisotopic (exact) mass is 325 g/mol. The molecule has 4 heteroatoms. The summed E-state index contributed by atoms with van der Waals surface area (Å²) in [5, 5.41) is 3.04. The quantitative estimate of drug-likeness (QED) is 0.784. The lowest BCUT2D eigenvalue weighted by Crippen LogP contribution is -2.41. The molecule has 3 N–H and O–H groups in total. The molecule has 0 aliphatic rings. The van der Waals surface area contributed by atoms with Gasteiger partial charge in [0.05, 0.1) is 0 Å². The zero-order valence-corrected chi connectivity index (χ0v) is 14.5. The van der Waals surface area contributed by atoms with Crippen LogP contribution in [-0.4, -0.2) is 30.4 Å². The molecule has 0 bridgehead atoms.